The molecule has 0 aliphatic rings. The van der Waals surface area contributed by atoms with E-state index >= 15 is 0 Å². The highest BCUT2D eigenvalue weighted by Gasteiger charge is 2.20. The molecule has 7 nitrogen and oxygen atoms in total. The number of nitrogens with zero attached hydrogens (tertiary/aromatic N) is 2. The maximum atomic E-state index is 12.8. The first-order valence-corrected chi connectivity index (χ1v) is 11.2. The number of ether oxygens (including phenoxy) is 2. The van der Waals surface area contributed by atoms with Crippen LogP contribution in [0.15, 0.2) is 52.0 Å². The molecule has 11 heteroatoms. The van der Waals surface area contributed by atoms with E-state index in [0.717, 1.165) is 5.56 Å². The van der Waals surface area contributed by atoms with E-state index in [9.17, 15) is 8.42 Å². The summed E-state index contributed by atoms with van der Waals surface area (Å²) < 4.78 is 40.3. The molecule has 0 radical (unpaired) electrons. The van der Waals surface area contributed by atoms with Crippen LogP contribution < -0.4 is 14.2 Å². The largest absolute Gasteiger partial charge is 0.493 e. The van der Waals surface area contributed by atoms with Crippen molar-refractivity contribution >= 4 is 55.0 Å². The Bertz CT molecular complexity index is 1150. The van der Waals surface area contributed by atoms with Gasteiger partial charge in [0.2, 0.25) is 0 Å². The van der Waals surface area contributed by atoms with Gasteiger partial charge in [-0.1, -0.05) is 29.3 Å². The minimum absolute atomic E-state index is 0.0114. The van der Waals surface area contributed by atoms with Gasteiger partial charge in [-0.05, 0) is 45.8 Å². The minimum Gasteiger partial charge on any atom is -0.493 e. The molecule has 0 amide bonds. The van der Waals surface area contributed by atoms with Crippen LogP contribution in [0.1, 0.15) is 5.56 Å². The second-order valence-corrected chi connectivity index (χ2v) is 9.26. The Morgan fingerprint density at radius 2 is 1.83 bits per heavy atom. The SMILES string of the molecule is COc1ccc(S(=O)(=O)Nc2nn(Cc3ccc(Cl)cc3Cl)cc2Br)cc1OC. The van der Waals surface area contributed by atoms with Gasteiger partial charge in [-0.15, -0.1) is 0 Å². The van der Waals surface area contributed by atoms with Crippen molar-refractivity contribution in [2.24, 2.45) is 0 Å². The lowest BCUT2D eigenvalue weighted by molar-refractivity contribution is 0.354. The van der Waals surface area contributed by atoms with Crippen molar-refractivity contribution in [2.75, 3.05) is 18.9 Å². The number of anilines is 1. The summed E-state index contributed by atoms with van der Waals surface area (Å²) >= 11 is 15.4. The van der Waals surface area contributed by atoms with Crippen LogP contribution in [0.2, 0.25) is 10.0 Å². The summed E-state index contributed by atoms with van der Waals surface area (Å²) in [4.78, 5) is 0.0114. The molecule has 1 N–H and O–H groups in total. The minimum atomic E-state index is -3.90. The lowest BCUT2D eigenvalue weighted by atomic mass is 10.2. The topological polar surface area (TPSA) is 82.5 Å². The third-order valence-corrected chi connectivity index (χ3v) is 6.46. The molecule has 2 aromatic carbocycles. The van der Waals surface area contributed by atoms with Crippen LogP contribution in [0.3, 0.4) is 0 Å². The van der Waals surface area contributed by atoms with Crippen molar-refractivity contribution in [2.45, 2.75) is 11.4 Å². The zero-order valence-corrected chi connectivity index (χ0v) is 19.2. The third-order valence-electron chi connectivity index (χ3n) is 3.96. The number of methoxy groups -OCH3 is 2. The first kappa shape index (κ1) is 21.8. The summed E-state index contributed by atoms with van der Waals surface area (Å²) in [6, 6.07) is 9.46. The predicted molar refractivity (Wildman–Crippen MR) is 116 cm³/mol. The van der Waals surface area contributed by atoms with Gasteiger partial charge in [-0.25, -0.2) is 8.42 Å². The summed E-state index contributed by atoms with van der Waals surface area (Å²) in [7, 11) is -0.996. The highest BCUT2D eigenvalue weighted by atomic mass is 79.9. The Morgan fingerprint density at radius 1 is 1.10 bits per heavy atom. The maximum absolute atomic E-state index is 12.8. The van der Waals surface area contributed by atoms with Crippen LogP contribution >= 0.6 is 39.1 Å². The predicted octanol–water partition coefficient (Wildman–Crippen LogP) is 4.82. The van der Waals surface area contributed by atoms with Gasteiger partial charge in [0.25, 0.3) is 10.0 Å². The van der Waals surface area contributed by atoms with Crippen molar-refractivity contribution in [3.8, 4) is 11.5 Å². The van der Waals surface area contributed by atoms with E-state index in [1.54, 1.807) is 29.1 Å². The number of sulfonamides is 1. The third kappa shape index (κ3) is 4.98. The van der Waals surface area contributed by atoms with Gasteiger partial charge in [0, 0.05) is 22.3 Å². The molecule has 0 atom stereocenters. The average molecular weight is 521 g/mol. The lowest BCUT2D eigenvalue weighted by Gasteiger charge is -2.11. The van der Waals surface area contributed by atoms with Gasteiger partial charge in [-0.2, -0.15) is 5.10 Å². The van der Waals surface area contributed by atoms with Crippen LogP contribution in [0.5, 0.6) is 11.5 Å². The highest BCUT2D eigenvalue weighted by Crippen LogP contribution is 2.31. The highest BCUT2D eigenvalue weighted by molar-refractivity contribution is 9.10. The molecule has 0 unspecified atom stereocenters. The Kier molecular flexibility index (Phi) is 6.62. The molecule has 0 saturated carbocycles. The van der Waals surface area contributed by atoms with E-state index in [-0.39, 0.29) is 10.7 Å². The molecule has 0 saturated heterocycles. The summed E-state index contributed by atoms with van der Waals surface area (Å²) in [6.07, 6.45) is 1.65. The number of benzene rings is 2. The Morgan fingerprint density at radius 3 is 2.48 bits per heavy atom. The van der Waals surface area contributed by atoms with Crippen molar-refractivity contribution in [1.82, 2.24) is 9.78 Å². The Hall–Kier alpha value is -1.94. The molecule has 3 rings (SSSR count). The van der Waals surface area contributed by atoms with Crippen molar-refractivity contribution < 1.29 is 17.9 Å². The molecular weight excluding hydrogens is 505 g/mol. The smallest absolute Gasteiger partial charge is 0.263 e. The quantitative estimate of drug-likeness (QED) is 0.483. The zero-order chi connectivity index (χ0) is 21.2. The number of aromatic nitrogens is 2. The zero-order valence-electron chi connectivity index (χ0n) is 15.3. The summed E-state index contributed by atoms with van der Waals surface area (Å²) in [5, 5.41) is 5.32. The molecule has 1 aromatic heterocycles. The molecule has 0 spiro atoms. The van der Waals surface area contributed by atoms with Gasteiger partial charge in [0.1, 0.15) is 0 Å². The number of halogens is 3. The van der Waals surface area contributed by atoms with Crippen LogP contribution in [-0.2, 0) is 16.6 Å². The first-order chi connectivity index (χ1) is 13.7. The van der Waals surface area contributed by atoms with Gasteiger partial charge in [0.15, 0.2) is 17.3 Å². The van der Waals surface area contributed by atoms with Gasteiger partial charge in [0.05, 0.1) is 30.1 Å². The average Bonchev–Trinajstić information content (AvgIpc) is 3.01. The van der Waals surface area contributed by atoms with Crippen LogP contribution in [0.25, 0.3) is 0 Å². The molecular formula is C18H16BrCl2N3O4S. The van der Waals surface area contributed by atoms with Crippen LogP contribution in [0, 0.1) is 0 Å². The summed E-state index contributed by atoms with van der Waals surface area (Å²) in [5.74, 6) is 0.874. The van der Waals surface area contributed by atoms with Crippen LogP contribution in [0.4, 0.5) is 5.82 Å². The van der Waals surface area contributed by atoms with Gasteiger partial charge in [-0.3, -0.25) is 9.40 Å². The Balaban J connectivity index is 1.85. The van der Waals surface area contributed by atoms with Crippen LogP contribution in [-0.4, -0.2) is 32.4 Å². The molecule has 29 heavy (non-hydrogen) atoms. The maximum Gasteiger partial charge on any atom is 0.263 e. The van der Waals surface area contributed by atoms with Crippen molar-refractivity contribution in [3.63, 3.8) is 0 Å². The van der Waals surface area contributed by atoms with E-state index in [1.807, 2.05) is 0 Å². The molecule has 0 fully saturated rings. The summed E-state index contributed by atoms with van der Waals surface area (Å²) in [6.45, 7) is 0.340. The second kappa shape index (κ2) is 8.83. The molecule has 154 valence electrons. The van der Waals surface area contributed by atoms with E-state index in [1.165, 1.54) is 32.4 Å². The van der Waals surface area contributed by atoms with E-state index < -0.39 is 10.0 Å². The van der Waals surface area contributed by atoms with Gasteiger partial charge >= 0.3 is 0 Å². The first-order valence-electron chi connectivity index (χ1n) is 8.15. The molecule has 3 aromatic rings. The fourth-order valence-electron chi connectivity index (χ4n) is 2.54. The number of hydrogen-bond donors (Lipinski definition) is 1. The standard InChI is InChI=1S/C18H16BrCl2N3O4S/c1-27-16-6-5-13(8-17(16)28-2)29(25,26)23-18-14(19)10-24(22-18)9-11-3-4-12(20)7-15(11)21/h3-8,10H,9H2,1-2H3,(H,22,23). The normalized spacial score (nSPS) is 11.3. The molecule has 0 bridgehead atoms. The second-order valence-electron chi connectivity index (χ2n) is 5.88. The van der Waals surface area contributed by atoms with Gasteiger partial charge < -0.3 is 9.47 Å². The van der Waals surface area contributed by atoms with E-state index in [4.69, 9.17) is 32.7 Å². The molecule has 1 heterocycles. The summed E-state index contributed by atoms with van der Waals surface area (Å²) in [5.41, 5.74) is 0.792. The monoisotopic (exact) mass is 519 g/mol. The molecule has 0 aliphatic carbocycles. The lowest BCUT2D eigenvalue weighted by Crippen LogP contribution is -2.14. The molecule has 0 aliphatic heterocycles. The number of hydrogen-bond acceptors (Lipinski definition) is 5. The number of nitrogens with one attached hydrogen (secondary N) is 1. The fourth-order valence-corrected chi connectivity index (χ4v) is 4.59. The fraction of sp³-hybridized carbons (Fsp3) is 0.167. The van der Waals surface area contributed by atoms with Crippen molar-refractivity contribution in [3.05, 3.63) is 62.7 Å². The van der Waals surface area contributed by atoms with Crippen molar-refractivity contribution in [1.29, 1.82) is 0 Å². The van der Waals surface area contributed by atoms with E-state index in [2.05, 4.69) is 25.8 Å². The number of rotatable bonds is 7. The van der Waals surface area contributed by atoms with E-state index in [0.29, 0.717) is 32.6 Å². The Labute approximate surface area is 186 Å².